The number of carbonyl (C=O) groups is 1. The lowest BCUT2D eigenvalue weighted by Gasteiger charge is -2.21. The zero-order valence-electron chi connectivity index (χ0n) is 9.79. The smallest absolute Gasteiger partial charge is 0.320 e. The Kier molecular flexibility index (Phi) is 4.82. The molecule has 1 aliphatic carbocycles. The van der Waals surface area contributed by atoms with Gasteiger partial charge in [0.05, 0.1) is 13.2 Å². The number of esters is 1. The molecule has 3 nitrogen and oxygen atoms in total. The summed E-state index contributed by atoms with van der Waals surface area (Å²) in [7, 11) is 0. The molecule has 3 heteroatoms. The van der Waals surface area contributed by atoms with E-state index in [0.29, 0.717) is 19.2 Å². The lowest BCUT2D eigenvalue weighted by atomic mass is 10.2. The Labute approximate surface area is 92.1 Å². The van der Waals surface area contributed by atoms with E-state index < -0.39 is 0 Å². The quantitative estimate of drug-likeness (QED) is 0.476. The van der Waals surface area contributed by atoms with Crippen LogP contribution in [0.3, 0.4) is 0 Å². The highest BCUT2D eigenvalue weighted by molar-refractivity contribution is 5.71. The van der Waals surface area contributed by atoms with Crippen LogP contribution >= 0.6 is 0 Å². The Morgan fingerprint density at radius 1 is 1.40 bits per heavy atom. The maximum absolute atomic E-state index is 11.4. The first-order chi connectivity index (χ1) is 7.17. The molecule has 1 saturated carbocycles. The topological polar surface area (TPSA) is 29.5 Å². The molecular weight excluding hydrogens is 190 g/mol. The van der Waals surface area contributed by atoms with Crippen LogP contribution < -0.4 is 0 Å². The summed E-state index contributed by atoms with van der Waals surface area (Å²) in [5.74, 6) is -0.117. The van der Waals surface area contributed by atoms with Gasteiger partial charge in [0.15, 0.2) is 0 Å². The Balaban J connectivity index is 2.36. The molecule has 0 atom stereocenters. The highest BCUT2D eigenvalue weighted by Crippen LogP contribution is 2.27. The maximum Gasteiger partial charge on any atom is 0.320 e. The number of carbonyl (C=O) groups excluding carboxylic acids is 1. The van der Waals surface area contributed by atoms with Crippen LogP contribution in [0, 0.1) is 0 Å². The van der Waals surface area contributed by atoms with Gasteiger partial charge in [-0.1, -0.05) is 19.1 Å². The highest BCUT2D eigenvalue weighted by Gasteiger charge is 2.30. The number of ether oxygens (including phenoxy) is 1. The van der Waals surface area contributed by atoms with E-state index in [0.717, 1.165) is 13.0 Å². The van der Waals surface area contributed by atoms with Gasteiger partial charge in [0.1, 0.15) is 0 Å². The number of nitrogens with zero attached hydrogens (tertiary/aromatic N) is 1. The van der Waals surface area contributed by atoms with Crippen molar-refractivity contribution in [3.63, 3.8) is 0 Å². The summed E-state index contributed by atoms with van der Waals surface area (Å²) in [5, 5.41) is 0. The minimum atomic E-state index is -0.117. The van der Waals surface area contributed by atoms with E-state index in [9.17, 15) is 4.79 Å². The summed E-state index contributed by atoms with van der Waals surface area (Å²) in [6, 6.07) is 0.581. The van der Waals surface area contributed by atoms with Crippen molar-refractivity contribution in [3.8, 4) is 0 Å². The molecule has 0 amide bonds. The van der Waals surface area contributed by atoms with Crippen molar-refractivity contribution < 1.29 is 9.53 Å². The zero-order valence-corrected chi connectivity index (χ0v) is 9.79. The minimum absolute atomic E-state index is 0.117. The van der Waals surface area contributed by atoms with Crippen LogP contribution in [0.15, 0.2) is 12.2 Å². The zero-order chi connectivity index (χ0) is 11.3. The van der Waals surface area contributed by atoms with Crippen molar-refractivity contribution in [2.45, 2.75) is 39.2 Å². The van der Waals surface area contributed by atoms with Crippen molar-refractivity contribution in [1.82, 2.24) is 4.90 Å². The molecule has 0 saturated heterocycles. The Bertz CT molecular complexity index is 234. The van der Waals surface area contributed by atoms with Gasteiger partial charge in [0, 0.05) is 12.6 Å². The van der Waals surface area contributed by atoms with E-state index in [1.807, 2.05) is 6.92 Å². The number of rotatable bonds is 7. The first-order valence-corrected chi connectivity index (χ1v) is 5.73. The van der Waals surface area contributed by atoms with Crippen molar-refractivity contribution in [2.75, 3.05) is 19.7 Å². The Morgan fingerprint density at radius 2 is 2.07 bits per heavy atom. The molecule has 0 heterocycles. The predicted molar refractivity (Wildman–Crippen MR) is 60.7 cm³/mol. The normalized spacial score (nSPS) is 15.4. The molecule has 0 unspecified atom stereocenters. The van der Waals surface area contributed by atoms with Gasteiger partial charge in [-0.3, -0.25) is 9.69 Å². The first-order valence-electron chi connectivity index (χ1n) is 5.73. The molecule has 0 aromatic carbocycles. The molecule has 86 valence electrons. The summed E-state index contributed by atoms with van der Waals surface area (Å²) >= 11 is 0. The van der Waals surface area contributed by atoms with E-state index >= 15 is 0 Å². The molecule has 15 heavy (non-hydrogen) atoms. The second-order valence-corrected chi connectivity index (χ2v) is 4.04. The van der Waals surface area contributed by atoms with E-state index in [-0.39, 0.29) is 5.97 Å². The molecule has 1 fully saturated rings. The average molecular weight is 211 g/mol. The van der Waals surface area contributed by atoms with Gasteiger partial charge in [-0.15, -0.1) is 0 Å². The monoisotopic (exact) mass is 211 g/mol. The van der Waals surface area contributed by atoms with Crippen molar-refractivity contribution in [2.24, 2.45) is 0 Å². The SMILES string of the molecule is C=C(CC)CN(CC(=O)OCC)C1CC1. The molecule has 0 aromatic heterocycles. The van der Waals surface area contributed by atoms with E-state index in [4.69, 9.17) is 4.74 Å². The van der Waals surface area contributed by atoms with Gasteiger partial charge < -0.3 is 4.74 Å². The molecule has 0 radical (unpaired) electrons. The molecular formula is C12H21NO2. The van der Waals surface area contributed by atoms with E-state index in [2.05, 4.69) is 18.4 Å². The summed E-state index contributed by atoms with van der Waals surface area (Å²) in [5.41, 5.74) is 1.19. The molecule has 1 aliphatic rings. The lowest BCUT2D eigenvalue weighted by Crippen LogP contribution is -2.34. The fourth-order valence-corrected chi connectivity index (χ4v) is 1.53. The van der Waals surface area contributed by atoms with Crippen molar-refractivity contribution >= 4 is 5.97 Å². The fourth-order valence-electron chi connectivity index (χ4n) is 1.53. The minimum Gasteiger partial charge on any atom is -0.465 e. The van der Waals surface area contributed by atoms with Crippen LogP contribution in [0.2, 0.25) is 0 Å². The molecule has 0 bridgehead atoms. The van der Waals surface area contributed by atoms with Crippen LogP contribution in [-0.4, -0.2) is 36.6 Å². The summed E-state index contributed by atoms with van der Waals surface area (Å²) < 4.78 is 4.96. The molecule has 0 spiro atoms. The number of hydrogen-bond donors (Lipinski definition) is 0. The first kappa shape index (κ1) is 12.2. The Morgan fingerprint density at radius 3 is 2.53 bits per heavy atom. The third kappa shape index (κ3) is 4.47. The van der Waals surface area contributed by atoms with Crippen molar-refractivity contribution in [1.29, 1.82) is 0 Å². The average Bonchev–Trinajstić information content (AvgIpc) is 3.00. The number of hydrogen-bond acceptors (Lipinski definition) is 3. The molecule has 0 aromatic rings. The van der Waals surface area contributed by atoms with Gasteiger partial charge in [-0.2, -0.15) is 0 Å². The van der Waals surface area contributed by atoms with Crippen LogP contribution in [0.25, 0.3) is 0 Å². The van der Waals surface area contributed by atoms with Crippen molar-refractivity contribution in [3.05, 3.63) is 12.2 Å². The third-order valence-corrected chi connectivity index (χ3v) is 2.63. The van der Waals surface area contributed by atoms with Crippen LogP contribution in [0.1, 0.15) is 33.1 Å². The molecule has 0 aliphatic heterocycles. The van der Waals surface area contributed by atoms with E-state index in [1.54, 1.807) is 0 Å². The van der Waals surface area contributed by atoms with E-state index in [1.165, 1.54) is 18.4 Å². The van der Waals surface area contributed by atoms with Gasteiger partial charge in [-0.25, -0.2) is 0 Å². The summed E-state index contributed by atoms with van der Waals surface area (Å²) in [6.45, 7) is 9.63. The maximum atomic E-state index is 11.4. The van der Waals surface area contributed by atoms with Gasteiger partial charge >= 0.3 is 5.97 Å². The Hall–Kier alpha value is -0.830. The third-order valence-electron chi connectivity index (χ3n) is 2.63. The summed E-state index contributed by atoms with van der Waals surface area (Å²) in [6.07, 6.45) is 3.39. The van der Waals surface area contributed by atoms with Crippen LogP contribution in [0.4, 0.5) is 0 Å². The van der Waals surface area contributed by atoms with Gasteiger partial charge in [-0.05, 0) is 26.2 Å². The molecule has 0 N–H and O–H groups in total. The van der Waals surface area contributed by atoms with Crippen LogP contribution in [0.5, 0.6) is 0 Å². The second-order valence-electron chi connectivity index (χ2n) is 4.04. The van der Waals surface area contributed by atoms with Gasteiger partial charge in [0.25, 0.3) is 0 Å². The largest absolute Gasteiger partial charge is 0.465 e. The molecule has 1 rings (SSSR count). The second kappa shape index (κ2) is 5.91. The lowest BCUT2D eigenvalue weighted by molar-refractivity contribution is -0.144. The van der Waals surface area contributed by atoms with Gasteiger partial charge in [0.2, 0.25) is 0 Å². The standard InChI is InChI=1S/C12H21NO2/c1-4-10(3)8-13(11-6-7-11)9-12(14)15-5-2/h11H,3-9H2,1-2H3. The highest BCUT2D eigenvalue weighted by atomic mass is 16.5. The summed E-state index contributed by atoms with van der Waals surface area (Å²) in [4.78, 5) is 13.5. The predicted octanol–water partition coefficient (Wildman–Crippen LogP) is 1.98. The fraction of sp³-hybridized carbons (Fsp3) is 0.750. The van der Waals surface area contributed by atoms with Crippen LogP contribution in [-0.2, 0) is 9.53 Å².